The van der Waals surface area contributed by atoms with E-state index in [1.165, 1.54) is 19.3 Å². The predicted octanol–water partition coefficient (Wildman–Crippen LogP) is 3.69. The maximum atomic E-state index is 12.8. The van der Waals surface area contributed by atoms with Gasteiger partial charge in [-0.15, -0.1) is 0 Å². The van der Waals surface area contributed by atoms with Crippen LogP contribution in [0.25, 0.3) is 0 Å². The first-order chi connectivity index (χ1) is 9.99. The first kappa shape index (κ1) is 15.3. The van der Waals surface area contributed by atoms with Crippen molar-refractivity contribution in [2.24, 2.45) is 23.2 Å². The number of aliphatic hydroxyl groups is 1. The first-order valence-electron chi connectivity index (χ1n) is 8.89. The van der Waals surface area contributed by atoms with Crippen LogP contribution >= 0.6 is 0 Å². The molecular formula is C18H30O3. The summed E-state index contributed by atoms with van der Waals surface area (Å²) in [5.74, 6) is 1.46. The van der Waals surface area contributed by atoms with Crippen molar-refractivity contribution in [3.63, 3.8) is 0 Å². The van der Waals surface area contributed by atoms with Gasteiger partial charge in [-0.05, 0) is 63.2 Å². The zero-order valence-electron chi connectivity index (χ0n) is 13.6. The third-order valence-electron chi connectivity index (χ3n) is 6.56. The van der Waals surface area contributed by atoms with E-state index in [0.29, 0.717) is 24.4 Å². The maximum absolute atomic E-state index is 12.8. The fourth-order valence-corrected chi connectivity index (χ4v) is 5.44. The lowest BCUT2D eigenvalue weighted by molar-refractivity contribution is -0.232. The Morgan fingerprint density at radius 2 is 1.81 bits per heavy atom. The van der Waals surface area contributed by atoms with Crippen LogP contribution in [0, 0.1) is 23.2 Å². The van der Waals surface area contributed by atoms with E-state index in [9.17, 15) is 9.90 Å². The van der Waals surface area contributed by atoms with Crippen molar-refractivity contribution < 1.29 is 14.6 Å². The molecule has 21 heavy (non-hydrogen) atoms. The van der Waals surface area contributed by atoms with Crippen LogP contribution in [0.15, 0.2) is 0 Å². The van der Waals surface area contributed by atoms with E-state index in [2.05, 4.69) is 6.92 Å². The topological polar surface area (TPSA) is 46.5 Å². The van der Waals surface area contributed by atoms with Crippen molar-refractivity contribution >= 4 is 5.97 Å². The van der Waals surface area contributed by atoms with Gasteiger partial charge in [-0.25, -0.2) is 0 Å². The van der Waals surface area contributed by atoms with Crippen LogP contribution in [-0.2, 0) is 9.53 Å². The van der Waals surface area contributed by atoms with Crippen LogP contribution in [-0.4, -0.2) is 23.3 Å². The number of hydrogen-bond donors (Lipinski definition) is 1. The molecule has 0 aliphatic heterocycles. The van der Waals surface area contributed by atoms with Gasteiger partial charge in [-0.2, -0.15) is 0 Å². The van der Waals surface area contributed by atoms with E-state index in [-0.39, 0.29) is 5.97 Å². The van der Waals surface area contributed by atoms with Crippen LogP contribution in [0.3, 0.4) is 0 Å². The largest absolute Gasteiger partial charge is 0.465 e. The van der Waals surface area contributed by atoms with Crippen LogP contribution < -0.4 is 0 Å². The van der Waals surface area contributed by atoms with E-state index in [1.54, 1.807) is 0 Å². The van der Waals surface area contributed by atoms with Gasteiger partial charge in [0, 0.05) is 0 Å². The molecule has 120 valence electrons. The summed E-state index contributed by atoms with van der Waals surface area (Å²) in [5, 5.41) is 11.1. The molecule has 4 rings (SSSR count). The second-order valence-electron chi connectivity index (χ2n) is 7.97. The fraction of sp³-hybridized carbons (Fsp3) is 0.944. The van der Waals surface area contributed by atoms with E-state index >= 15 is 0 Å². The third kappa shape index (κ3) is 2.42. The summed E-state index contributed by atoms with van der Waals surface area (Å²) in [5.41, 5.74) is -1.46. The molecule has 0 aromatic heterocycles. The lowest BCUT2D eigenvalue weighted by Gasteiger charge is -2.62. The Hall–Kier alpha value is -0.570. The lowest BCUT2D eigenvalue weighted by Crippen LogP contribution is -2.66. The molecule has 3 atom stereocenters. The summed E-state index contributed by atoms with van der Waals surface area (Å²) in [7, 11) is 0. The summed E-state index contributed by atoms with van der Waals surface area (Å²) in [6.45, 7) is 4.60. The number of carbonyl (C=O) groups excluding carboxylic acids is 1. The summed E-state index contributed by atoms with van der Waals surface area (Å²) in [4.78, 5) is 12.8. The van der Waals surface area contributed by atoms with Gasteiger partial charge in [0.1, 0.15) is 0 Å². The molecule has 3 unspecified atom stereocenters. The molecule has 0 radical (unpaired) electrons. The average Bonchev–Trinajstić information content (AvgIpc) is 2.43. The van der Waals surface area contributed by atoms with Crippen molar-refractivity contribution in [1.29, 1.82) is 0 Å². The Morgan fingerprint density at radius 3 is 2.43 bits per heavy atom. The smallest absolute Gasteiger partial charge is 0.315 e. The van der Waals surface area contributed by atoms with Gasteiger partial charge in [-0.1, -0.05) is 26.2 Å². The number of esters is 1. The van der Waals surface area contributed by atoms with Crippen LogP contribution in [0.1, 0.15) is 71.6 Å². The highest BCUT2D eigenvalue weighted by Crippen LogP contribution is 2.64. The Labute approximate surface area is 128 Å². The molecule has 0 amide bonds. The van der Waals surface area contributed by atoms with Crippen LogP contribution in [0.2, 0.25) is 0 Å². The summed E-state index contributed by atoms with van der Waals surface area (Å²) < 4.78 is 5.61. The van der Waals surface area contributed by atoms with Gasteiger partial charge in [0.2, 0.25) is 0 Å². The minimum atomic E-state index is -0.860. The Morgan fingerprint density at radius 1 is 1.14 bits per heavy atom. The molecule has 4 bridgehead atoms. The third-order valence-corrected chi connectivity index (χ3v) is 6.56. The Kier molecular flexibility index (Phi) is 4.06. The molecule has 0 aromatic carbocycles. The number of carbonyl (C=O) groups is 1. The Balaban J connectivity index is 1.66. The van der Waals surface area contributed by atoms with Gasteiger partial charge < -0.3 is 9.84 Å². The maximum Gasteiger partial charge on any atom is 0.315 e. The first-order valence-corrected chi connectivity index (χ1v) is 8.89. The van der Waals surface area contributed by atoms with E-state index in [4.69, 9.17) is 4.74 Å². The molecule has 4 aliphatic carbocycles. The minimum absolute atomic E-state index is 0.108. The highest BCUT2D eigenvalue weighted by atomic mass is 16.5. The van der Waals surface area contributed by atoms with Crippen molar-refractivity contribution in [3.05, 3.63) is 0 Å². The molecule has 4 fully saturated rings. The minimum Gasteiger partial charge on any atom is -0.465 e. The molecule has 3 heteroatoms. The van der Waals surface area contributed by atoms with Gasteiger partial charge in [0.25, 0.3) is 0 Å². The highest BCUT2D eigenvalue weighted by Gasteiger charge is 2.67. The molecular weight excluding hydrogens is 264 g/mol. The zero-order chi connectivity index (χ0) is 15.1. The SMILES string of the molecule is CCCCCCOC(=O)C12CC3CC(CC(C3)C1(C)O)C2. The van der Waals surface area contributed by atoms with Gasteiger partial charge in [0.15, 0.2) is 0 Å². The van der Waals surface area contributed by atoms with E-state index < -0.39 is 11.0 Å². The summed E-state index contributed by atoms with van der Waals surface area (Å²) >= 11 is 0. The zero-order valence-corrected chi connectivity index (χ0v) is 13.6. The molecule has 3 nitrogen and oxygen atoms in total. The van der Waals surface area contributed by atoms with Crippen molar-refractivity contribution in [2.45, 2.75) is 77.2 Å². The van der Waals surface area contributed by atoms with E-state index in [1.807, 2.05) is 6.92 Å². The van der Waals surface area contributed by atoms with Crippen molar-refractivity contribution in [1.82, 2.24) is 0 Å². The molecule has 0 heterocycles. The van der Waals surface area contributed by atoms with Gasteiger partial charge in [-0.3, -0.25) is 4.79 Å². The normalized spacial score (nSPS) is 44.0. The number of ether oxygens (including phenoxy) is 1. The quantitative estimate of drug-likeness (QED) is 0.600. The highest BCUT2D eigenvalue weighted by molar-refractivity contribution is 5.79. The molecule has 4 saturated carbocycles. The number of unbranched alkanes of at least 4 members (excludes halogenated alkanes) is 3. The van der Waals surface area contributed by atoms with Gasteiger partial charge >= 0.3 is 5.97 Å². The standard InChI is InChI=1S/C18H30O3/c1-3-4-5-6-7-21-16(19)18-11-13-8-14(12-18)10-15(9-13)17(18,2)20/h13-15,20H,3-12H2,1-2H3. The lowest BCUT2D eigenvalue weighted by atomic mass is 9.43. The fourth-order valence-electron chi connectivity index (χ4n) is 5.44. The monoisotopic (exact) mass is 294 g/mol. The molecule has 0 aromatic rings. The van der Waals surface area contributed by atoms with Crippen LogP contribution in [0.5, 0.6) is 0 Å². The molecule has 0 spiro atoms. The van der Waals surface area contributed by atoms with Crippen molar-refractivity contribution in [2.75, 3.05) is 6.61 Å². The average molecular weight is 294 g/mol. The second-order valence-corrected chi connectivity index (χ2v) is 7.97. The summed E-state index contributed by atoms with van der Waals surface area (Å²) in [6.07, 6.45) is 9.64. The van der Waals surface area contributed by atoms with Crippen molar-refractivity contribution in [3.8, 4) is 0 Å². The summed E-state index contributed by atoms with van der Waals surface area (Å²) in [6, 6.07) is 0. The predicted molar refractivity (Wildman–Crippen MR) is 81.7 cm³/mol. The second kappa shape index (κ2) is 5.57. The molecule has 0 saturated heterocycles. The van der Waals surface area contributed by atoms with E-state index in [0.717, 1.165) is 38.5 Å². The number of rotatable bonds is 6. The number of hydrogen-bond acceptors (Lipinski definition) is 3. The Bertz CT molecular complexity index is 387. The van der Waals surface area contributed by atoms with Crippen LogP contribution in [0.4, 0.5) is 0 Å². The van der Waals surface area contributed by atoms with Gasteiger partial charge in [0.05, 0.1) is 17.6 Å². The molecule has 1 N–H and O–H groups in total. The molecule has 4 aliphatic rings.